The van der Waals surface area contributed by atoms with E-state index < -0.39 is 5.97 Å². The van der Waals surface area contributed by atoms with Crippen LogP contribution in [0.1, 0.15) is 54.2 Å². The highest BCUT2D eigenvalue weighted by atomic mass is 32.1. The summed E-state index contributed by atoms with van der Waals surface area (Å²) in [5.41, 5.74) is 0.523. The van der Waals surface area contributed by atoms with Gasteiger partial charge in [0, 0.05) is 19.5 Å². The molecule has 1 aliphatic rings. The minimum atomic E-state index is -1.05. The molecule has 1 N–H and O–H groups in total. The van der Waals surface area contributed by atoms with Gasteiger partial charge in [-0.3, -0.25) is 19.0 Å². The number of carbonyl (C=O) groups excluding carboxylic acids is 1. The molecule has 0 unspecified atom stereocenters. The second kappa shape index (κ2) is 7.80. The normalized spacial score (nSPS) is 14.2. The van der Waals surface area contributed by atoms with E-state index in [-0.39, 0.29) is 23.9 Å². The van der Waals surface area contributed by atoms with Gasteiger partial charge in [-0.05, 0) is 31.2 Å². The van der Waals surface area contributed by atoms with Crippen LogP contribution in [-0.4, -0.2) is 44.5 Å². The van der Waals surface area contributed by atoms with Crippen LogP contribution in [0.15, 0.2) is 4.79 Å². The predicted molar refractivity (Wildman–Crippen MR) is 105 cm³/mol. The number of carbonyl (C=O) groups is 2. The molecule has 0 fully saturated rings. The quantitative estimate of drug-likeness (QED) is 0.846. The van der Waals surface area contributed by atoms with Crippen molar-refractivity contribution in [3.63, 3.8) is 0 Å². The fourth-order valence-electron chi connectivity index (χ4n) is 3.58. The number of fused-ring (bicyclic) bond motifs is 2. The number of amides is 1. The number of aryl methyl sites for hydroxylation is 2. The highest BCUT2D eigenvalue weighted by Gasteiger charge is 2.26. The first kappa shape index (κ1) is 19.5. The van der Waals surface area contributed by atoms with Crippen LogP contribution in [-0.2, 0) is 17.8 Å². The number of rotatable bonds is 5. The Kier molecular flexibility index (Phi) is 5.64. The van der Waals surface area contributed by atoms with Crippen molar-refractivity contribution in [1.82, 2.24) is 14.5 Å². The third-order valence-electron chi connectivity index (χ3n) is 4.80. The summed E-state index contributed by atoms with van der Waals surface area (Å²) in [6.45, 7) is 6.28. The van der Waals surface area contributed by atoms with Crippen molar-refractivity contribution < 1.29 is 14.7 Å². The van der Waals surface area contributed by atoms with Crippen LogP contribution in [0.5, 0.6) is 0 Å². The Labute approximate surface area is 161 Å². The Balaban J connectivity index is 2.08. The molecule has 0 spiro atoms. The Morgan fingerprint density at radius 2 is 2.04 bits per heavy atom. The van der Waals surface area contributed by atoms with E-state index in [0.717, 1.165) is 31.5 Å². The van der Waals surface area contributed by atoms with E-state index in [1.165, 1.54) is 16.2 Å². The Hall–Kier alpha value is -2.22. The minimum absolute atomic E-state index is 0.0849. The monoisotopic (exact) mass is 391 g/mol. The molecule has 3 heterocycles. The summed E-state index contributed by atoms with van der Waals surface area (Å²) in [6.07, 6.45) is 3.81. The molecule has 8 heteroatoms. The minimum Gasteiger partial charge on any atom is -0.480 e. The van der Waals surface area contributed by atoms with Crippen LogP contribution < -0.4 is 5.56 Å². The van der Waals surface area contributed by atoms with E-state index in [2.05, 4.69) is 4.98 Å². The van der Waals surface area contributed by atoms with Gasteiger partial charge in [0.25, 0.3) is 11.5 Å². The maximum atomic E-state index is 13.0. The summed E-state index contributed by atoms with van der Waals surface area (Å²) < 4.78 is 1.74. The Bertz CT molecular complexity index is 945. The molecule has 3 rings (SSSR count). The molecule has 0 radical (unpaired) electrons. The fraction of sp³-hybridized carbons (Fsp3) is 0.579. The highest BCUT2D eigenvalue weighted by Crippen LogP contribution is 2.29. The second-order valence-electron chi connectivity index (χ2n) is 7.51. The van der Waals surface area contributed by atoms with Crippen molar-refractivity contribution in [2.45, 2.75) is 53.0 Å². The number of carboxylic acid groups (broad SMARTS) is 1. The number of carboxylic acids is 1. The van der Waals surface area contributed by atoms with Gasteiger partial charge < -0.3 is 10.0 Å². The summed E-state index contributed by atoms with van der Waals surface area (Å²) in [6, 6.07) is 0. The first-order chi connectivity index (χ1) is 12.8. The van der Waals surface area contributed by atoms with Gasteiger partial charge >= 0.3 is 5.97 Å². The standard InChI is InChI=1S/C19H25N3O4S/c1-11(2)9-21(10-14(23)24)19(26)16-12(3)15-17(27-16)20-13-7-5-4-6-8-22(13)18(15)25/h11H,4-10H2,1-3H3,(H,23,24). The average Bonchev–Trinajstić information content (AvgIpc) is 2.76. The van der Waals surface area contributed by atoms with E-state index in [1.807, 2.05) is 13.8 Å². The smallest absolute Gasteiger partial charge is 0.323 e. The molecule has 0 saturated heterocycles. The van der Waals surface area contributed by atoms with E-state index in [4.69, 9.17) is 5.11 Å². The molecule has 146 valence electrons. The number of aliphatic carboxylic acids is 1. The van der Waals surface area contributed by atoms with Crippen molar-refractivity contribution in [2.24, 2.45) is 5.92 Å². The predicted octanol–water partition coefficient (Wildman–Crippen LogP) is 2.68. The van der Waals surface area contributed by atoms with Crippen LogP contribution in [0.4, 0.5) is 0 Å². The molecule has 0 saturated carbocycles. The van der Waals surface area contributed by atoms with Gasteiger partial charge in [-0.15, -0.1) is 11.3 Å². The van der Waals surface area contributed by atoms with Crippen molar-refractivity contribution in [2.75, 3.05) is 13.1 Å². The molecule has 2 aromatic rings. The van der Waals surface area contributed by atoms with Crippen molar-refractivity contribution in [3.8, 4) is 0 Å². The average molecular weight is 391 g/mol. The lowest BCUT2D eigenvalue weighted by Crippen LogP contribution is -2.38. The van der Waals surface area contributed by atoms with Crippen molar-refractivity contribution in [3.05, 3.63) is 26.6 Å². The van der Waals surface area contributed by atoms with Crippen LogP contribution >= 0.6 is 11.3 Å². The zero-order chi connectivity index (χ0) is 19.7. The molecular weight excluding hydrogens is 366 g/mol. The van der Waals surface area contributed by atoms with E-state index in [1.54, 1.807) is 11.5 Å². The zero-order valence-electron chi connectivity index (χ0n) is 15.9. The maximum Gasteiger partial charge on any atom is 0.323 e. The zero-order valence-corrected chi connectivity index (χ0v) is 16.8. The number of nitrogens with zero attached hydrogens (tertiary/aromatic N) is 3. The SMILES string of the molecule is Cc1c(C(=O)N(CC(=O)O)CC(C)C)sc2nc3n(c(=O)c12)CCCCC3. The van der Waals surface area contributed by atoms with Crippen LogP contribution in [0.3, 0.4) is 0 Å². The summed E-state index contributed by atoms with van der Waals surface area (Å²) in [7, 11) is 0. The number of hydrogen-bond acceptors (Lipinski definition) is 5. The summed E-state index contributed by atoms with van der Waals surface area (Å²) in [5.74, 6) is -0.462. The molecule has 1 aliphatic heterocycles. The fourth-order valence-corrected chi connectivity index (χ4v) is 4.74. The van der Waals surface area contributed by atoms with Gasteiger partial charge in [-0.1, -0.05) is 20.3 Å². The maximum absolute atomic E-state index is 13.0. The van der Waals surface area contributed by atoms with Crippen molar-refractivity contribution >= 4 is 33.4 Å². The number of hydrogen-bond donors (Lipinski definition) is 1. The third-order valence-corrected chi connectivity index (χ3v) is 5.98. The molecule has 7 nitrogen and oxygen atoms in total. The van der Waals surface area contributed by atoms with Crippen LogP contribution in [0.25, 0.3) is 10.2 Å². The molecule has 0 atom stereocenters. The third kappa shape index (κ3) is 3.90. The van der Waals surface area contributed by atoms with Crippen LogP contribution in [0.2, 0.25) is 0 Å². The van der Waals surface area contributed by atoms with E-state index >= 15 is 0 Å². The van der Waals surface area contributed by atoms with Crippen LogP contribution in [0, 0.1) is 12.8 Å². The van der Waals surface area contributed by atoms with E-state index in [0.29, 0.717) is 33.7 Å². The molecule has 0 aliphatic carbocycles. The molecular formula is C19H25N3O4S. The number of aromatic nitrogens is 2. The first-order valence-corrected chi connectivity index (χ1v) is 10.1. The second-order valence-corrected chi connectivity index (χ2v) is 8.50. The highest BCUT2D eigenvalue weighted by molar-refractivity contribution is 7.20. The lowest BCUT2D eigenvalue weighted by molar-refractivity contribution is -0.137. The van der Waals surface area contributed by atoms with Gasteiger partial charge in [-0.2, -0.15) is 0 Å². The molecule has 2 aromatic heterocycles. The Morgan fingerprint density at radius 1 is 1.30 bits per heavy atom. The van der Waals surface area contributed by atoms with Gasteiger partial charge in [0.2, 0.25) is 0 Å². The van der Waals surface area contributed by atoms with Gasteiger partial charge in [0.05, 0.1) is 10.3 Å². The summed E-state index contributed by atoms with van der Waals surface area (Å²) in [5, 5.41) is 9.65. The lowest BCUT2D eigenvalue weighted by Gasteiger charge is -2.22. The van der Waals surface area contributed by atoms with Gasteiger partial charge in [0.1, 0.15) is 17.2 Å². The lowest BCUT2D eigenvalue weighted by atomic mass is 10.1. The Morgan fingerprint density at radius 3 is 2.70 bits per heavy atom. The molecule has 0 aromatic carbocycles. The molecule has 27 heavy (non-hydrogen) atoms. The largest absolute Gasteiger partial charge is 0.480 e. The molecule has 1 amide bonds. The molecule has 0 bridgehead atoms. The summed E-state index contributed by atoms with van der Waals surface area (Å²) >= 11 is 1.20. The van der Waals surface area contributed by atoms with E-state index in [9.17, 15) is 14.4 Å². The first-order valence-electron chi connectivity index (χ1n) is 9.33. The van der Waals surface area contributed by atoms with Crippen molar-refractivity contribution in [1.29, 1.82) is 0 Å². The topological polar surface area (TPSA) is 92.5 Å². The van der Waals surface area contributed by atoms with Gasteiger partial charge in [0.15, 0.2) is 0 Å². The summed E-state index contributed by atoms with van der Waals surface area (Å²) in [4.78, 5) is 44.2. The van der Waals surface area contributed by atoms with Gasteiger partial charge in [-0.25, -0.2) is 4.98 Å². The number of thiophene rings is 1.